The third-order valence-electron chi connectivity index (χ3n) is 8.02. The number of ether oxygens (including phenoxy) is 3. The van der Waals surface area contributed by atoms with E-state index in [0.29, 0.717) is 66.9 Å². The lowest BCUT2D eigenvalue weighted by atomic mass is 9.92. The minimum Gasteiger partial charge on any atom is -0.493 e. The molecule has 0 saturated carbocycles. The van der Waals surface area contributed by atoms with Crippen LogP contribution < -0.4 is 24.4 Å². The van der Waals surface area contributed by atoms with E-state index in [2.05, 4.69) is 0 Å². The van der Waals surface area contributed by atoms with Gasteiger partial charge in [-0.25, -0.2) is 9.79 Å². The number of fused-ring (bicyclic) bond motifs is 1. The molecule has 49 heavy (non-hydrogen) atoms. The number of carbonyl (C=O) groups excluding carboxylic acids is 1. The fourth-order valence-corrected chi connectivity index (χ4v) is 6.78. The van der Waals surface area contributed by atoms with Crippen LogP contribution in [0.2, 0.25) is 0 Å². The van der Waals surface area contributed by atoms with Gasteiger partial charge < -0.3 is 18.6 Å². The number of methoxy groups -OCH3 is 1. The Morgan fingerprint density at radius 1 is 1.06 bits per heavy atom. The van der Waals surface area contributed by atoms with Crippen LogP contribution in [0.3, 0.4) is 0 Å². The fourth-order valence-electron chi connectivity index (χ4n) is 5.79. The Labute approximate surface area is 285 Å². The van der Waals surface area contributed by atoms with E-state index in [1.807, 2.05) is 43.3 Å². The summed E-state index contributed by atoms with van der Waals surface area (Å²) in [4.78, 5) is 44.7. The number of furan rings is 1. The monoisotopic (exact) mass is 679 g/mol. The summed E-state index contributed by atoms with van der Waals surface area (Å²) in [6.45, 7) is 5.86. The van der Waals surface area contributed by atoms with Crippen LogP contribution in [-0.2, 0) is 9.53 Å². The molecule has 0 N–H and O–H groups in total. The van der Waals surface area contributed by atoms with Gasteiger partial charge in [-0.15, -0.1) is 0 Å². The van der Waals surface area contributed by atoms with Crippen LogP contribution in [0.4, 0.5) is 5.69 Å². The van der Waals surface area contributed by atoms with Crippen LogP contribution in [0.15, 0.2) is 98.6 Å². The first-order chi connectivity index (χ1) is 23.8. The highest BCUT2D eigenvalue weighted by atomic mass is 32.1. The van der Waals surface area contributed by atoms with Gasteiger partial charge in [-0.2, -0.15) is 0 Å². The number of rotatable bonds is 11. The van der Waals surface area contributed by atoms with Crippen LogP contribution in [-0.4, -0.2) is 35.8 Å². The van der Waals surface area contributed by atoms with E-state index < -0.39 is 22.5 Å². The molecule has 11 nitrogen and oxygen atoms in total. The second kappa shape index (κ2) is 14.2. The second-order valence-corrected chi connectivity index (χ2v) is 12.1. The van der Waals surface area contributed by atoms with E-state index in [0.717, 1.165) is 17.8 Å². The van der Waals surface area contributed by atoms with Crippen LogP contribution in [0, 0.1) is 17.0 Å². The summed E-state index contributed by atoms with van der Waals surface area (Å²) in [6.07, 6.45) is 2.32. The zero-order valence-corrected chi connectivity index (χ0v) is 28.1. The molecular weight excluding hydrogens is 646 g/mol. The van der Waals surface area contributed by atoms with Gasteiger partial charge in [0, 0.05) is 34.4 Å². The number of nitrogens with zero attached hydrogens (tertiary/aromatic N) is 3. The zero-order chi connectivity index (χ0) is 34.7. The second-order valence-electron chi connectivity index (χ2n) is 11.1. The smallest absolute Gasteiger partial charge is 0.338 e. The molecule has 3 heterocycles. The Balaban J connectivity index is 1.59. The number of hydrogen-bond acceptors (Lipinski definition) is 10. The molecule has 12 heteroatoms. The first-order valence-electron chi connectivity index (χ1n) is 15.7. The Bertz CT molecular complexity index is 2270. The molecule has 2 aromatic heterocycles. The Morgan fingerprint density at radius 3 is 2.55 bits per heavy atom. The maximum absolute atomic E-state index is 14.4. The predicted molar refractivity (Wildman–Crippen MR) is 185 cm³/mol. The highest BCUT2D eigenvalue weighted by Gasteiger charge is 2.37. The van der Waals surface area contributed by atoms with E-state index in [1.165, 1.54) is 17.7 Å². The number of para-hydroxylation sites is 1. The van der Waals surface area contributed by atoms with E-state index in [-0.39, 0.29) is 17.9 Å². The van der Waals surface area contributed by atoms with E-state index >= 15 is 0 Å². The molecule has 1 aliphatic heterocycles. The van der Waals surface area contributed by atoms with Crippen molar-refractivity contribution in [2.24, 2.45) is 4.99 Å². The molecule has 0 saturated heterocycles. The molecule has 6 rings (SSSR count). The number of nitro groups is 1. The molecule has 0 aliphatic carbocycles. The van der Waals surface area contributed by atoms with Gasteiger partial charge in [0.15, 0.2) is 16.3 Å². The quantitative estimate of drug-likeness (QED) is 0.0914. The number of benzene rings is 3. The maximum Gasteiger partial charge on any atom is 0.338 e. The van der Waals surface area contributed by atoms with Gasteiger partial charge in [-0.1, -0.05) is 72.9 Å². The van der Waals surface area contributed by atoms with Crippen molar-refractivity contribution in [1.29, 1.82) is 0 Å². The number of thiazole rings is 1. The zero-order valence-electron chi connectivity index (χ0n) is 27.3. The molecule has 5 aromatic rings. The SMILES string of the molecule is CCCOc1c(OC)cccc1[C@H]1C(C(=O)OCC)=C(c2ccccc2)N=c2s/c(=C/c3ccc(-c4cccc([N+](=O)[O-])c4C)o3)c(=O)n21. The van der Waals surface area contributed by atoms with Crippen molar-refractivity contribution in [3.63, 3.8) is 0 Å². The average molecular weight is 680 g/mol. The summed E-state index contributed by atoms with van der Waals surface area (Å²) in [5.74, 6) is 1.03. The number of esters is 1. The minimum absolute atomic E-state index is 0.0183. The van der Waals surface area contributed by atoms with Crippen molar-refractivity contribution in [3.8, 4) is 22.8 Å². The molecular formula is C37H33N3O8S. The predicted octanol–water partition coefficient (Wildman–Crippen LogP) is 6.21. The first kappa shape index (κ1) is 33.2. The van der Waals surface area contributed by atoms with Gasteiger partial charge in [0.2, 0.25) is 0 Å². The number of aromatic nitrogens is 1. The topological polar surface area (TPSA) is 135 Å². The minimum atomic E-state index is -0.978. The van der Waals surface area contributed by atoms with Crippen molar-refractivity contribution in [3.05, 3.63) is 137 Å². The lowest BCUT2D eigenvalue weighted by molar-refractivity contribution is -0.385. The van der Waals surface area contributed by atoms with Crippen molar-refractivity contribution >= 4 is 34.8 Å². The highest BCUT2D eigenvalue weighted by Crippen LogP contribution is 2.42. The van der Waals surface area contributed by atoms with Crippen LogP contribution >= 0.6 is 11.3 Å². The lowest BCUT2D eigenvalue weighted by Gasteiger charge is -2.27. The van der Waals surface area contributed by atoms with Crippen molar-refractivity contribution in [2.75, 3.05) is 20.3 Å². The maximum atomic E-state index is 14.4. The molecule has 0 bridgehead atoms. The molecule has 3 aromatic carbocycles. The molecule has 250 valence electrons. The van der Waals surface area contributed by atoms with Crippen molar-refractivity contribution in [1.82, 2.24) is 4.57 Å². The summed E-state index contributed by atoms with van der Waals surface area (Å²) in [6, 6.07) is 21.8. The third-order valence-corrected chi connectivity index (χ3v) is 9.00. The van der Waals surface area contributed by atoms with Gasteiger partial charge in [0.05, 0.1) is 41.0 Å². The molecule has 1 atom stereocenters. The van der Waals surface area contributed by atoms with Crippen molar-refractivity contribution < 1.29 is 28.3 Å². The van der Waals surface area contributed by atoms with Gasteiger partial charge in [0.1, 0.15) is 17.6 Å². The average Bonchev–Trinajstić information content (AvgIpc) is 3.70. The highest BCUT2D eigenvalue weighted by molar-refractivity contribution is 7.07. The lowest BCUT2D eigenvalue weighted by Crippen LogP contribution is -2.40. The summed E-state index contributed by atoms with van der Waals surface area (Å²) in [7, 11) is 1.54. The summed E-state index contributed by atoms with van der Waals surface area (Å²) in [5, 5.41) is 11.5. The van der Waals surface area contributed by atoms with Gasteiger partial charge >= 0.3 is 5.97 Å². The molecule has 0 unspecified atom stereocenters. The third kappa shape index (κ3) is 6.30. The number of nitro benzene ring substituents is 1. The Morgan fingerprint density at radius 2 is 1.84 bits per heavy atom. The molecule has 0 radical (unpaired) electrons. The Kier molecular flexibility index (Phi) is 9.58. The van der Waals surface area contributed by atoms with E-state index in [1.54, 1.807) is 56.3 Å². The van der Waals surface area contributed by atoms with Gasteiger partial charge in [-0.3, -0.25) is 19.5 Å². The van der Waals surface area contributed by atoms with E-state index in [9.17, 15) is 19.7 Å². The van der Waals surface area contributed by atoms with Gasteiger partial charge in [-0.05, 0) is 38.5 Å². The Hall–Kier alpha value is -5.75. The summed E-state index contributed by atoms with van der Waals surface area (Å²) >= 11 is 1.15. The van der Waals surface area contributed by atoms with E-state index in [4.69, 9.17) is 23.6 Å². The summed E-state index contributed by atoms with van der Waals surface area (Å²) < 4.78 is 25.4. The molecule has 0 spiro atoms. The fraction of sp³-hybridized carbons (Fsp3) is 0.216. The molecule has 0 fully saturated rings. The van der Waals surface area contributed by atoms with Crippen LogP contribution in [0.25, 0.3) is 23.1 Å². The number of carbonyl (C=O) groups is 1. The van der Waals surface area contributed by atoms with Crippen LogP contribution in [0.5, 0.6) is 11.5 Å². The van der Waals surface area contributed by atoms with Crippen LogP contribution in [0.1, 0.15) is 48.8 Å². The van der Waals surface area contributed by atoms with Crippen molar-refractivity contribution in [2.45, 2.75) is 33.2 Å². The normalized spacial score (nSPS) is 14.3. The largest absolute Gasteiger partial charge is 0.493 e. The molecule has 1 aliphatic rings. The first-order valence-corrected chi connectivity index (χ1v) is 16.5. The van der Waals surface area contributed by atoms with Gasteiger partial charge in [0.25, 0.3) is 11.2 Å². The standard InChI is InChI=1S/C37H33N3O8S/c1-5-20-47-34-26(15-11-17-29(34)45-4)33-31(36(42)46-6-2)32(23-12-8-7-9-13-23)38-37-39(33)35(41)30(49-37)21-24-18-19-28(48-24)25-14-10-16-27(22(25)3)40(43)44/h7-19,21,33H,5-6,20H2,1-4H3/b30-21+/t33-/m0/s1. The molecule has 0 amide bonds. The number of hydrogen-bond donors (Lipinski definition) is 0. The summed E-state index contributed by atoms with van der Waals surface area (Å²) in [5.41, 5.74) is 2.38.